The van der Waals surface area contributed by atoms with E-state index in [2.05, 4.69) is 49.0 Å². The van der Waals surface area contributed by atoms with Crippen LogP contribution in [0.2, 0.25) is 0 Å². The summed E-state index contributed by atoms with van der Waals surface area (Å²) in [6, 6.07) is 26.7. The molecule has 4 aromatic carbocycles. The summed E-state index contributed by atoms with van der Waals surface area (Å²) in [7, 11) is 1.58. The van der Waals surface area contributed by atoms with Crippen molar-refractivity contribution in [3.8, 4) is 11.4 Å². The van der Waals surface area contributed by atoms with E-state index in [1.165, 1.54) is 0 Å². The van der Waals surface area contributed by atoms with E-state index in [-0.39, 0.29) is 24.1 Å². The molecule has 0 saturated carbocycles. The van der Waals surface area contributed by atoms with Gasteiger partial charge < -0.3 is 20.7 Å². The van der Waals surface area contributed by atoms with Crippen molar-refractivity contribution in [2.75, 3.05) is 23.0 Å². The Balaban J connectivity index is 1.38. The van der Waals surface area contributed by atoms with Crippen LogP contribution in [-0.2, 0) is 18.4 Å². The van der Waals surface area contributed by atoms with Crippen LogP contribution in [0.3, 0.4) is 0 Å². The molecular weight excluding hydrogens is 564 g/mol. The van der Waals surface area contributed by atoms with Gasteiger partial charge in [-0.05, 0) is 49.2 Å². The van der Waals surface area contributed by atoms with Crippen molar-refractivity contribution in [2.24, 2.45) is 0 Å². The molecule has 45 heavy (non-hydrogen) atoms. The predicted molar refractivity (Wildman–Crippen MR) is 182 cm³/mol. The third-order valence-electron chi connectivity index (χ3n) is 7.57. The molecule has 0 saturated heterocycles. The third-order valence-corrected chi connectivity index (χ3v) is 7.57. The molecule has 0 atom stereocenters. The highest BCUT2D eigenvalue weighted by Gasteiger charge is 2.22. The van der Waals surface area contributed by atoms with E-state index in [0.29, 0.717) is 22.9 Å². The first kappa shape index (κ1) is 31.1. The molecule has 4 N–H and O–H groups in total. The second kappa shape index (κ2) is 13.1. The van der Waals surface area contributed by atoms with Crippen molar-refractivity contribution in [3.63, 3.8) is 0 Å². The number of hydrogen-bond acceptors (Lipinski definition) is 4. The molecule has 1 aromatic heterocycles. The van der Waals surface area contributed by atoms with Gasteiger partial charge >= 0.3 is 12.1 Å². The minimum absolute atomic E-state index is 0.202. The zero-order chi connectivity index (χ0) is 32.1. The van der Waals surface area contributed by atoms with Crippen molar-refractivity contribution in [3.05, 3.63) is 107 Å². The lowest BCUT2D eigenvalue weighted by atomic mass is 9.92. The Morgan fingerprint density at radius 1 is 0.822 bits per heavy atom. The number of carbonyl (C=O) groups excluding carboxylic acids is 2. The van der Waals surface area contributed by atoms with Crippen LogP contribution in [0.15, 0.2) is 84.9 Å². The number of carbonyl (C=O) groups is 2. The Morgan fingerprint density at radius 3 is 2.22 bits per heavy atom. The minimum atomic E-state index is -0.386. The molecule has 9 heteroatoms. The Labute approximate surface area is 264 Å². The van der Waals surface area contributed by atoms with Gasteiger partial charge in [0.1, 0.15) is 18.2 Å². The van der Waals surface area contributed by atoms with E-state index in [4.69, 9.17) is 9.84 Å². The number of anilines is 3. The average Bonchev–Trinajstić information content (AvgIpc) is 3.45. The van der Waals surface area contributed by atoms with Crippen LogP contribution in [0.5, 0.6) is 5.75 Å². The van der Waals surface area contributed by atoms with E-state index in [1.54, 1.807) is 11.7 Å². The van der Waals surface area contributed by atoms with Crippen molar-refractivity contribution in [1.82, 2.24) is 15.1 Å². The van der Waals surface area contributed by atoms with Crippen LogP contribution in [0.1, 0.15) is 50.1 Å². The second-order valence-electron chi connectivity index (χ2n) is 12.0. The van der Waals surface area contributed by atoms with Crippen molar-refractivity contribution >= 4 is 40.0 Å². The summed E-state index contributed by atoms with van der Waals surface area (Å²) in [5.41, 5.74) is 5.96. The fourth-order valence-electron chi connectivity index (χ4n) is 4.92. The number of hydrogen-bond donors (Lipinski definition) is 4. The molecule has 0 radical (unpaired) electrons. The second-order valence-corrected chi connectivity index (χ2v) is 12.0. The van der Waals surface area contributed by atoms with Gasteiger partial charge in [-0.15, -0.1) is 0 Å². The van der Waals surface area contributed by atoms with Crippen molar-refractivity contribution in [2.45, 2.75) is 53.1 Å². The molecule has 5 aromatic rings. The molecule has 0 unspecified atom stereocenters. The molecule has 9 nitrogen and oxygen atoms in total. The summed E-state index contributed by atoms with van der Waals surface area (Å²) < 4.78 is 8.05. The molecule has 0 aliphatic heterocycles. The van der Waals surface area contributed by atoms with Gasteiger partial charge in [0.25, 0.3) is 0 Å². The first-order chi connectivity index (χ1) is 21.5. The van der Waals surface area contributed by atoms with Gasteiger partial charge in [0.2, 0.25) is 0 Å². The van der Waals surface area contributed by atoms with Gasteiger partial charge in [-0.1, -0.05) is 81.8 Å². The number of rotatable bonds is 8. The highest BCUT2D eigenvalue weighted by Crippen LogP contribution is 2.33. The van der Waals surface area contributed by atoms with Gasteiger partial charge in [0.05, 0.1) is 17.1 Å². The Morgan fingerprint density at radius 2 is 1.53 bits per heavy atom. The van der Waals surface area contributed by atoms with Crippen LogP contribution < -0.4 is 26.0 Å². The molecule has 232 valence electrons. The smallest absolute Gasteiger partial charge is 0.324 e. The van der Waals surface area contributed by atoms with E-state index in [1.807, 2.05) is 91.9 Å². The molecule has 5 rings (SSSR count). The lowest BCUT2D eigenvalue weighted by molar-refractivity contribution is 0.253. The number of nitrogens with zero attached hydrogens (tertiary/aromatic N) is 2. The van der Waals surface area contributed by atoms with E-state index in [9.17, 15) is 9.59 Å². The van der Waals surface area contributed by atoms with Gasteiger partial charge in [0, 0.05) is 40.6 Å². The molecule has 0 spiro atoms. The monoisotopic (exact) mass is 604 g/mol. The first-order valence-corrected chi connectivity index (χ1v) is 15.1. The van der Waals surface area contributed by atoms with Crippen LogP contribution in [0.4, 0.5) is 26.8 Å². The summed E-state index contributed by atoms with van der Waals surface area (Å²) in [5, 5.41) is 18.0. The zero-order valence-electron chi connectivity index (χ0n) is 26.6. The lowest BCUT2D eigenvalue weighted by Gasteiger charge is -2.16. The van der Waals surface area contributed by atoms with E-state index >= 15 is 0 Å². The van der Waals surface area contributed by atoms with E-state index < -0.39 is 0 Å². The number of fused-ring (bicyclic) bond motifs is 1. The van der Waals surface area contributed by atoms with Gasteiger partial charge in [0.15, 0.2) is 0 Å². The zero-order valence-corrected chi connectivity index (χ0v) is 26.6. The largest absolute Gasteiger partial charge is 0.488 e. The summed E-state index contributed by atoms with van der Waals surface area (Å²) in [6.45, 7) is 10.6. The van der Waals surface area contributed by atoms with E-state index in [0.717, 1.165) is 45.3 Å². The summed E-state index contributed by atoms with van der Waals surface area (Å²) in [4.78, 5) is 25.4. The molecule has 0 aliphatic rings. The number of ether oxygens (including phenoxy) is 1. The number of amides is 4. The first-order valence-electron chi connectivity index (χ1n) is 15.1. The van der Waals surface area contributed by atoms with Gasteiger partial charge in [-0.25, -0.2) is 14.3 Å². The number of benzene rings is 4. The summed E-state index contributed by atoms with van der Waals surface area (Å²) in [5.74, 6) is 1.23. The fraction of sp³-hybridized carbons (Fsp3) is 0.250. The average molecular weight is 605 g/mol. The molecule has 4 amide bonds. The Kier molecular flexibility index (Phi) is 9.08. The van der Waals surface area contributed by atoms with Crippen molar-refractivity contribution < 1.29 is 14.3 Å². The Bertz CT molecular complexity index is 1840. The number of aryl methyl sites for hydroxylation is 2. The third kappa shape index (κ3) is 7.26. The molecule has 1 heterocycles. The normalized spacial score (nSPS) is 11.2. The summed E-state index contributed by atoms with van der Waals surface area (Å²) in [6.07, 6.45) is 0.849. The van der Waals surface area contributed by atoms with Crippen LogP contribution in [0, 0.1) is 6.92 Å². The number of urea groups is 2. The lowest BCUT2D eigenvalue weighted by Crippen LogP contribution is -2.25. The highest BCUT2D eigenvalue weighted by atomic mass is 16.5. The number of nitrogens with one attached hydrogen (secondary N) is 4. The standard InChI is InChI=1S/C36H40N6O3/c1-7-24-14-15-25(30(20-24)39-34(43)37-6)22-45-31-19-18-29(27-10-8-9-11-28(27)31)38-35(44)40-33-21-32(36(3,4)5)41-42(33)26-16-12-23(2)13-17-26/h8-21H,7,22H2,1-6H3,(H2,37,39,43)(H2,38,40,44). The van der Waals surface area contributed by atoms with Crippen LogP contribution in [-0.4, -0.2) is 28.9 Å². The van der Waals surface area contributed by atoms with Gasteiger partial charge in [-0.2, -0.15) is 5.10 Å². The predicted octanol–water partition coefficient (Wildman–Crippen LogP) is 8.17. The fourth-order valence-corrected chi connectivity index (χ4v) is 4.92. The van der Waals surface area contributed by atoms with Crippen molar-refractivity contribution in [1.29, 1.82) is 0 Å². The van der Waals surface area contributed by atoms with Crippen LogP contribution in [0.25, 0.3) is 16.5 Å². The minimum Gasteiger partial charge on any atom is -0.488 e. The Hall–Kier alpha value is -5.31. The van der Waals surface area contributed by atoms with Crippen LogP contribution >= 0.6 is 0 Å². The topological polar surface area (TPSA) is 109 Å². The molecule has 0 bridgehead atoms. The highest BCUT2D eigenvalue weighted by molar-refractivity contribution is 6.07. The summed E-state index contributed by atoms with van der Waals surface area (Å²) >= 11 is 0. The maximum absolute atomic E-state index is 13.4. The molecule has 0 aliphatic carbocycles. The molecular formula is C36H40N6O3. The molecule has 0 fully saturated rings. The quantitative estimate of drug-likeness (QED) is 0.143. The maximum Gasteiger partial charge on any atom is 0.324 e. The SMILES string of the molecule is CCc1ccc(COc2ccc(NC(=O)Nc3cc(C(C)(C)C)nn3-c3ccc(C)cc3)c3ccccc23)c(NC(=O)NC)c1. The maximum atomic E-state index is 13.4. The van der Waals surface area contributed by atoms with Gasteiger partial charge in [-0.3, -0.25) is 5.32 Å². The number of aromatic nitrogens is 2.